The molecule has 0 radical (unpaired) electrons. The van der Waals surface area contributed by atoms with E-state index in [0.717, 1.165) is 0 Å². The molecule has 0 unspecified atom stereocenters. The number of aromatic nitrogens is 1. The van der Waals surface area contributed by atoms with Crippen LogP contribution in [0.2, 0.25) is 0 Å². The normalized spacial score (nSPS) is 19.8. The lowest BCUT2D eigenvalue weighted by molar-refractivity contribution is -0.137. The van der Waals surface area contributed by atoms with Crippen molar-refractivity contribution in [3.05, 3.63) is 63.8 Å². The van der Waals surface area contributed by atoms with Gasteiger partial charge in [-0.05, 0) is 30.0 Å². The monoisotopic (exact) mass is 340 g/mol. The Morgan fingerprint density at radius 3 is 2.62 bits per heavy atom. The van der Waals surface area contributed by atoms with Crippen LogP contribution in [-0.2, 0) is 11.0 Å². The molecule has 2 atom stereocenters. The lowest BCUT2D eigenvalue weighted by atomic mass is 10.1. The van der Waals surface area contributed by atoms with Gasteiger partial charge in [0.05, 0.1) is 5.56 Å². The number of amides is 1. The molecule has 1 aliphatic rings. The van der Waals surface area contributed by atoms with Gasteiger partial charge in [-0.2, -0.15) is 13.2 Å². The Labute approximate surface area is 133 Å². The van der Waals surface area contributed by atoms with Gasteiger partial charge in [0.15, 0.2) is 0 Å². The molecule has 1 aromatic heterocycles. The van der Waals surface area contributed by atoms with Gasteiger partial charge in [0.1, 0.15) is 11.5 Å². The van der Waals surface area contributed by atoms with Gasteiger partial charge >= 0.3 is 6.18 Å². The summed E-state index contributed by atoms with van der Waals surface area (Å²) in [5.41, 5.74) is -2.00. The Bertz CT molecular complexity index is 844. The van der Waals surface area contributed by atoms with Crippen LogP contribution in [0.15, 0.2) is 41.3 Å². The van der Waals surface area contributed by atoms with Crippen molar-refractivity contribution in [1.82, 2.24) is 4.98 Å². The minimum atomic E-state index is -4.64. The van der Waals surface area contributed by atoms with Gasteiger partial charge in [0.25, 0.3) is 5.56 Å². The van der Waals surface area contributed by atoms with Crippen LogP contribution in [-0.4, -0.2) is 10.9 Å². The van der Waals surface area contributed by atoms with Crippen LogP contribution < -0.4 is 10.9 Å². The van der Waals surface area contributed by atoms with Gasteiger partial charge < -0.3 is 10.3 Å². The molecule has 24 heavy (non-hydrogen) atoms. The highest BCUT2D eigenvalue weighted by Crippen LogP contribution is 2.48. The fraction of sp³-hybridized carbons (Fsp3) is 0.250. The van der Waals surface area contributed by atoms with Gasteiger partial charge in [0, 0.05) is 12.1 Å². The Balaban J connectivity index is 1.75. The molecule has 1 heterocycles. The summed E-state index contributed by atoms with van der Waals surface area (Å²) in [5, 5.41) is 2.20. The number of carbonyl (C=O) groups excluding carboxylic acids is 1. The molecule has 1 amide bonds. The van der Waals surface area contributed by atoms with Crippen molar-refractivity contribution >= 4 is 11.6 Å². The van der Waals surface area contributed by atoms with E-state index in [9.17, 15) is 27.2 Å². The molecular weight excluding hydrogens is 328 g/mol. The number of carbonyl (C=O) groups is 1. The second kappa shape index (κ2) is 5.77. The topological polar surface area (TPSA) is 62.0 Å². The van der Waals surface area contributed by atoms with Gasteiger partial charge in [-0.3, -0.25) is 9.59 Å². The van der Waals surface area contributed by atoms with Crippen LogP contribution in [0.1, 0.15) is 23.5 Å². The maximum absolute atomic E-state index is 13.7. The summed E-state index contributed by atoms with van der Waals surface area (Å²) in [6, 6.07) is 6.59. The fourth-order valence-electron chi connectivity index (χ4n) is 2.57. The zero-order valence-electron chi connectivity index (χ0n) is 12.2. The highest BCUT2D eigenvalue weighted by atomic mass is 19.4. The maximum atomic E-state index is 13.7. The molecule has 1 aromatic carbocycles. The smallest absolute Gasteiger partial charge is 0.327 e. The van der Waals surface area contributed by atoms with Crippen LogP contribution >= 0.6 is 0 Å². The molecule has 126 valence electrons. The first-order chi connectivity index (χ1) is 11.3. The van der Waals surface area contributed by atoms with E-state index >= 15 is 0 Å². The fourth-order valence-corrected chi connectivity index (χ4v) is 2.57. The lowest BCUT2D eigenvalue weighted by Gasteiger charge is -2.09. The Morgan fingerprint density at radius 1 is 1.25 bits per heavy atom. The van der Waals surface area contributed by atoms with Crippen LogP contribution in [0.5, 0.6) is 0 Å². The van der Waals surface area contributed by atoms with Gasteiger partial charge in [-0.15, -0.1) is 0 Å². The molecule has 0 saturated heterocycles. The molecule has 1 saturated carbocycles. The SMILES string of the molecule is O=C(Nc1cc(C(F)(F)F)c[nH]c1=O)[C@@H]1C[C@H]1c1ccccc1F. The third kappa shape index (κ3) is 3.17. The minimum Gasteiger partial charge on any atom is -0.327 e. The largest absolute Gasteiger partial charge is 0.417 e. The van der Waals surface area contributed by atoms with Crippen LogP contribution in [0, 0.1) is 11.7 Å². The quantitative estimate of drug-likeness (QED) is 0.843. The zero-order chi connectivity index (χ0) is 17.5. The van der Waals surface area contributed by atoms with Gasteiger partial charge in [0.2, 0.25) is 5.91 Å². The van der Waals surface area contributed by atoms with Gasteiger partial charge in [-0.25, -0.2) is 4.39 Å². The first kappa shape index (κ1) is 16.2. The molecule has 8 heteroatoms. The molecule has 1 aliphatic carbocycles. The number of aromatic amines is 1. The number of benzene rings is 1. The van der Waals surface area contributed by atoms with Crippen molar-refractivity contribution in [2.24, 2.45) is 5.92 Å². The van der Waals surface area contributed by atoms with Crippen molar-refractivity contribution in [1.29, 1.82) is 0 Å². The zero-order valence-corrected chi connectivity index (χ0v) is 12.2. The molecule has 0 spiro atoms. The van der Waals surface area contributed by atoms with Crippen molar-refractivity contribution in [3.63, 3.8) is 0 Å². The number of nitrogens with one attached hydrogen (secondary N) is 2. The summed E-state index contributed by atoms with van der Waals surface area (Å²) in [6.45, 7) is 0. The van der Waals surface area contributed by atoms with Crippen molar-refractivity contribution in [2.45, 2.75) is 18.5 Å². The summed E-state index contributed by atoms with van der Waals surface area (Å²) < 4.78 is 51.7. The maximum Gasteiger partial charge on any atom is 0.417 e. The van der Waals surface area contributed by atoms with E-state index in [1.807, 2.05) is 4.98 Å². The van der Waals surface area contributed by atoms with E-state index in [4.69, 9.17) is 0 Å². The average molecular weight is 340 g/mol. The van der Waals surface area contributed by atoms with Crippen molar-refractivity contribution in [3.8, 4) is 0 Å². The second-order valence-corrected chi connectivity index (χ2v) is 5.59. The standard InChI is InChI=1S/C16H12F4N2O2/c17-12-4-2-1-3-9(12)10-6-11(10)14(23)22-13-5-8(16(18,19)20)7-21-15(13)24/h1-5,7,10-11H,6H2,(H,21,24)(H,22,23)/t10-,11+/m0/s1. The highest BCUT2D eigenvalue weighted by molar-refractivity contribution is 5.95. The van der Waals surface area contributed by atoms with E-state index in [1.54, 1.807) is 12.1 Å². The average Bonchev–Trinajstić information content (AvgIpc) is 3.29. The molecule has 0 aliphatic heterocycles. The lowest BCUT2D eigenvalue weighted by Crippen LogP contribution is -2.22. The van der Waals surface area contributed by atoms with E-state index in [0.29, 0.717) is 24.2 Å². The van der Waals surface area contributed by atoms with E-state index < -0.39 is 40.6 Å². The number of alkyl halides is 3. The van der Waals surface area contributed by atoms with E-state index in [2.05, 4.69) is 5.32 Å². The van der Waals surface area contributed by atoms with Crippen LogP contribution in [0.25, 0.3) is 0 Å². The number of H-pyrrole nitrogens is 1. The first-order valence-corrected chi connectivity index (χ1v) is 7.12. The third-order valence-corrected chi connectivity index (χ3v) is 3.92. The Hall–Kier alpha value is -2.64. The Kier molecular flexibility index (Phi) is 3.90. The molecular formula is C16H12F4N2O2. The van der Waals surface area contributed by atoms with E-state index in [-0.39, 0.29) is 5.92 Å². The highest BCUT2D eigenvalue weighted by Gasteiger charge is 2.45. The van der Waals surface area contributed by atoms with E-state index in [1.165, 1.54) is 12.1 Å². The summed E-state index contributed by atoms with van der Waals surface area (Å²) in [4.78, 5) is 25.6. The molecule has 1 fully saturated rings. The summed E-state index contributed by atoms with van der Waals surface area (Å²) in [5.74, 6) is -1.95. The number of pyridine rings is 1. The van der Waals surface area contributed by atoms with Crippen LogP contribution in [0.4, 0.5) is 23.2 Å². The predicted molar refractivity (Wildman–Crippen MR) is 77.9 cm³/mol. The number of hydrogen-bond acceptors (Lipinski definition) is 2. The number of halogens is 4. The number of anilines is 1. The van der Waals surface area contributed by atoms with Gasteiger partial charge in [-0.1, -0.05) is 18.2 Å². The third-order valence-electron chi connectivity index (χ3n) is 3.92. The molecule has 0 bridgehead atoms. The summed E-state index contributed by atoms with van der Waals surface area (Å²) in [6.07, 6.45) is -3.72. The molecule has 3 rings (SSSR count). The molecule has 2 N–H and O–H groups in total. The van der Waals surface area contributed by atoms with Crippen LogP contribution in [0.3, 0.4) is 0 Å². The van der Waals surface area contributed by atoms with Crippen molar-refractivity contribution in [2.75, 3.05) is 5.32 Å². The predicted octanol–water partition coefficient (Wildman–Crippen LogP) is 3.28. The summed E-state index contributed by atoms with van der Waals surface area (Å²) in [7, 11) is 0. The summed E-state index contributed by atoms with van der Waals surface area (Å²) >= 11 is 0. The Morgan fingerprint density at radius 2 is 1.96 bits per heavy atom. The molecule has 2 aromatic rings. The van der Waals surface area contributed by atoms with Crippen molar-refractivity contribution < 1.29 is 22.4 Å². The molecule has 4 nitrogen and oxygen atoms in total. The first-order valence-electron chi connectivity index (χ1n) is 7.12. The second-order valence-electron chi connectivity index (χ2n) is 5.59. The minimum absolute atomic E-state index is 0.337. The number of rotatable bonds is 3. The number of hydrogen-bond donors (Lipinski definition) is 2.